The molecule has 2 N–H and O–H groups in total. The molecule has 0 bridgehead atoms. The van der Waals surface area contributed by atoms with Crippen molar-refractivity contribution in [3.63, 3.8) is 0 Å². The van der Waals surface area contributed by atoms with Crippen LogP contribution in [0, 0.1) is 13.8 Å². The minimum absolute atomic E-state index is 0.0384. The Morgan fingerprint density at radius 1 is 1.11 bits per heavy atom. The van der Waals surface area contributed by atoms with Crippen molar-refractivity contribution in [2.24, 2.45) is 0 Å². The lowest BCUT2D eigenvalue weighted by Crippen LogP contribution is -2.39. The van der Waals surface area contributed by atoms with Gasteiger partial charge in [-0.25, -0.2) is 4.68 Å². The predicted octanol–water partition coefficient (Wildman–Crippen LogP) is 4.82. The summed E-state index contributed by atoms with van der Waals surface area (Å²) in [4.78, 5) is 12.9. The van der Waals surface area contributed by atoms with E-state index >= 15 is 0 Å². The van der Waals surface area contributed by atoms with Gasteiger partial charge in [-0.05, 0) is 80.5 Å². The van der Waals surface area contributed by atoms with Gasteiger partial charge in [0.15, 0.2) is 11.5 Å². The SMILES string of the molecule is CCOC(=O)CC(c1ccc(C)c([C@@H](C)N2Cc3cc(O)cc(OC)c3OS2(=O)=O)c1)c1ccc2c(nnn2CCCCO)c1C. The summed E-state index contributed by atoms with van der Waals surface area (Å²) in [5, 5.41) is 28.2. The number of phenols is 1. The summed E-state index contributed by atoms with van der Waals surface area (Å²) in [7, 11) is -2.85. The van der Waals surface area contributed by atoms with Crippen molar-refractivity contribution >= 4 is 27.3 Å². The summed E-state index contributed by atoms with van der Waals surface area (Å²) < 4.78 is 46.0. The summed E-state index contributed by atoms with van der Waals surface area (Å²) in [5.41, 5.74) is 6.24. The molecule has 46 heavy (non-hydrogen) atoms. The van der Waals surface area contributed by atoms with Gasteiger partial charge in [0, 0.05) is 37.2 Å². The number of carbonyl (C=O) groups excluding carboxylic acids is 1. The molecule has 2 atom stereocenters. The van der Waals surface area contributed by atoms with Gasteiger partial charge in [0.05, 0.1) is 31.7 Å². The number of aryl methyl sites for hydroxylation is 3. The number of fused-ring (bicyclic) bond motifs is 2. The van der Waals surface area contributed by atoms with E-state index in [1.165, 1.54) is 23.5 Å². The first-order valence-electron chi connectivity index (χ1n) is 15.3. The quantitative estimate of drug-likeness (QED) is 0.161. The molecule has 1 aromatic heterocycles. The highest BCUT2D eigenvalue weighted by Crippen LogP contribution is 2.43. The van der Waals surface area contributed by atoms with E-state index in [0.29, 0.717) is 18.5 Å². The van der Waals surface area contributed by atoms with E-state index in [1.807, 2.05) is 48.9 Å². The van der Waals surface area contributed by atoms with Crippen LogP contribution in [0.1, 0.15) is 78.5 Å². The van der Waals surface area contributed by atoms with Gasteiger partial charge < -0.3 is 23.9 Å². The minimum Gasteiger partial charge on any atom is -0.508 e. The number of carbonyl (C=O) groups is 1. The van der Waals surface area contributed by atoms with Crippen molar-refractivity contribution < 1.29 is 37.1 Å². The van der Waals surface area contributed by atoms with Gasteiger partial charge in [-0.3, -0.25) is 4.79 Å². The Bertz CT molecular complexity index is 1860. The fourth-order valence-corrected chi connectivity index (χ4v) is 7.41. The van der Waals surface area contributed by atoms with Gasteiger partial charge in [-0.15, -0.1) is 5.10 Å². The lowest BCUT2D eigenvalue weighted by molar-refractivity contribution is -0.143. The largest absolute Gasteiger partial charge is 0.508 e. The molecule has 0 spiro atoms. The van der Waals surface area contributed by atoms with Crippen LogP contribution in [0.15, 0.2) is 42.5 Å². The third-order valence-electron chi connectivity index (χ3n) is 8.54. The lowest BCUT2D eigenvalue weighted by Gasteiger charge is -2.34. The zero-order chi connectivity index (χ0) is 33.2. The number of phenolic OH excluding ortho intramolecular Hbond substituents is 1. The average molecular weight is 653 g/mol. The van der Waals surface area contributed by atoms with E-state index in [1.54, 1.807) is 13.8 Å². The number of benzene rings is 3. The second kappa shape index (κ2) is 13.7. The molecule has 5 rings (SSSR count). The number of unbranched alkanes of at least 4 members (excludes halogenated alkanes) is 1. The highest BCUT2D eigenvalue weighted by molar-refractivity contribution is 7.84. The van der Waals surface area contributed by atoms with Crippen LogP contribution in [0.4, 0.5) is 0 Å². The van der Waals surface area contributed by atoms with E-state index in [-0.39, 0.29) is 49.4 Å². The van der Waals surface area contributed by atoms with Crippen molar-refractivity contribution in [2.45, 2.75) is 72.0 Å². The van der Waals surface area contributed by atoms with Crippen molar-refractivity contribution in [3.8, 4) is 17.2 Å². The minimum atomic E-state index is -4.23. The lowest BCUT2D eigenvalue weighted by atomic mass is 9.83. The molecule has 1 unspecified atom stereocenters. The first kappa shape index (κ1) is 33.2. The zero-order valence-corrected chi connectivity index (χ0v) is 27.5. The van der Waals surface area contributed by atoms with Crippen molar-refractivity contribution in [1.82, 2.24) is 19.3 Å². The Morgan fingerprint density at radius 3 is 2.61 bits per heavy atom. The zero-order valence-electron chi connectivity index (χ0n) is 26.7. The molecule has 2 heterocycles. The van der Waals surface area contributed by atoms with Crippen molar-refractivity contribution in [3.05, 3.63) is 75.8 Å². The molecule has 0 radical (unpaired) electrons. The van der Waals surface area contributed by atoms with Crippen molar-refractivity contribution in [2.75, 3.05) is 20.3 Å². The fraction of sp³-hybridized carbons (Fsp3) is 0.424. The topological polar surface area (TPSA) is 153 Å². The molecule has 0 aliphatic carbocycles. The summed E-state index contributed by atoms with van der Waals surface area (Å²) in [5.74, 6) is -0.648. The monoisotopic (exact) mass is 652 g/mol. The number of rotatable bonds is 12. The first-order chi connectivity index (χ1) is 22.0. The van der Waals surface area contributed by atoms with E-state index in [2.05, 4.69) is 10.3 Å². The molecule has 1 aliphatic heterocycles. The molecule has 3 aromatic carbocycles. The Kier molecular flexibility index (Phi) is 9.85. The van der Waals surface area contributed by atoms with Crippen LogP contribution in [-0.4, -0.2) is 64.2 Å². The average Bonchev–Trinajstić information content (AvgIpc) is 3.43. The first-order valence-corrected chi connectivity index (χ1v) is 16.7. The van der Waals surface area contributed by atoms with E-state index < -0.39 is 22.3 Å². The number of esters is 1. The second-order valence-electron chi connectivity index (χ2n) is 11.5. The van der Waals surface area contributed by atoms with Crippen LogP contribution in [0.5, 0.6) is 17.2 Å². The highest BCUT2D eigenvalue weighted by Gasteiger charge is 2.38. The van der Waals surface area contributed by atoms with E-state index in [0.717, 1.165) is 45.3 Å². The molecule has 4 aromatic rings. The maximum absolute atomic E-state index is 13.4. The number of aliphatic hydroxyl groups excluding tert-OH is 1. The van der Waals surface area contributed by atoms with Crippen molar-refractivity contribution in [1.29, 1.82) is 0 Å². The number of hydrogen-bond acceptors (Lipinski definition) is 10. The molecular weight excluding hydrogens is 612 g/mol. The third kappa shape index (κ3) is 6.53. The molecule has 0 fully saturated rings. The Hall–Kier alpha value is -4.20. The number of hydrogen-bond donors (Lipinski definition) is 2. The maximum atomic E-state index is 13.4. The molecule has 0 saturated carbocycles. The highest BCUT2D eigenvalue weighted by atomic mass is 32.2. The van der Waals surface area contributed by atoms with Gasteiger partial charge in [0.25, 0.3) is 0 Å². The Balaban J connectivity index is 1.54. The van der Waals surface area contributed by atoms with Crippen LogP contribution < -0.4 is 8.92 Å². The number of aromatic nitrogens is 3. The fourth-order valence-electron chi connectivity index (χ4n) is 6.11. The second-order valence-corrected chi connectivity index (χ2v) is 13.0. The summed E-state index contributed by atoms with van der Waals surface area (Å²) in [6, 6.07) is 11.9. The molecular formula is C33H40N4O8S. The maximum Gasteiger partial charge on any atom is 0.386 e. The van der Waals surface area contributed by atoms with E-state index in [4.69, 9.17) is 13.7 Å². The molecule has 246 valence electrons. The number of aliphatic hydroxyl groups is 1. The Morgan fingerprint density at radius 2 is 1.89 bits per heavy atom. The number of aromatic hydroxyl groups is 1. The van der Waals surface area contributed by atoms with Crippen LogP contribution in [0.3, 0.4) is 0 Å². The Labute approximate surface area is 268 Å². The van der Waals surface area contributed by atoms with Gasteiger partial charge in [-0.2, -0.15) is 12.7 Å². The third-order valence-corrected chi connectivity index (χ3v) is 9.94. The van der Waals surface area contributed by atoms with Crippen LogP contribution in [-0.2, 0) is 32.9 Å². The van der Waals surface area contributed by atoms with Gasteiger partial charge in [-0.1, -0.05) is 29.5 Å². The molecule has 12 nitrogen and oxygen atoms in total. The van der Waals surface area contributed by atoms with Gasteiger partial charge in [0.1, 0.15) is 11.3 Å². The predicted molar refractivity (Wildman–Crippen MR) is 171 cm³/mol. The molecule has 0 amide bonds. The van der Waals surface area contributed by atoms with Gasteiger partial charge >= 0.3 is 16.3 Å². The summed E-state index contributed by atoms with van der Waals surface area (Å²) >= 11 is 0. The van der Waals surface area contributed by atoms with Crippen LogP contribution in [0.2, 0.25) is 0 Å². The summed E-state index contributed by atoms with van der Waals surface area (Å²) in [6.07, 6.45) is 1.51. The standard InChI is InChI=1S/C33H40N4O8S/c1-6-44-31(40)18-28(26-11-12-29-32(21(26)3)34-35-36(29)13-7-8-14-38)23-10-9-20(2)27(16-23)22(4)37-19-24-15-25(39)17-30(43-5)33(24)45-46(37,41)42/h9-12,15-17,22,28,38-39H,6-8,13-14,18-19H2,1-5H3/t22-,28?/m1/s1. The van der Waals surface area contributed by atoms with Gasteiger partial charge in [0.2, 0.25) is 0 Å². The normalized spacial score (nSPS) is 15.6. The molecule has 1 aliphatic rings. The number of ether oxygens (including phenoxy) is 2. The molecule has 0 saturated heterocycles. The van der Waals surface area contributed by atoms with Crippen LogP contribution >= 0.6 is 0 Å². The van der Waals surface area contributed by atoms with Crippen LogP contribution in [0.25, 0.3) is 11.0 Å². The number of nitrogens with zero attached hydrogens (tertiary/aromatic N) is 4. The van der Waals surface area contributed by atoms with E-state index in [9.17, 15) is 23.4 Å². The summed E-state index contributed by atoms with van der Waals surface area (Å²) in [6.45, 7) is 8.36. The molecule has 13 heteroatoms. The smallest absolute Gasteiger partial charge is 0.386 e. The number of methoxy groups -OCH3 is 1.